The monoisotopic (exact) mass is 449 g/mol. The van der Waals surface area contributed by atoms with Crippen LogP contribution in [0.5, 0.6) is 5.75 Å². The Morgan fingerprint density at radius 2 is 2.00 bits per heavy atom. The van der Waals surface area contributed by atoms with Crippen LogP contribution < -0.4 is 20.3 Å². The predicted molar refractivity (Wildman–Crippen MR) is 127 cm³/mol. The van der Waals surface area contributed by atoms with Crippen molar-refractivity contribution in [1.82, 2.24) is 5.32 Å². The number of urea groups is 1. The second kappa shape index (κ2) is 8.71. The normalized spacial score (nSPS) is 24.7. The van der Waals surface area contributed by atoms with Crippen molar-refractivity contribution >= 4 is 23.3 Å². The summed E-state index contributed by atoms with van der Waals surface area (Å²) < 4.78 is 10.9. The van der Waals surface area contributed by atoms with E-state index in [0.29, 0.717) is 24.8 Å². The average molecular weight is 450 g/mol. The molecule has 0 aromatic heterocycles. The Balaban J connectivity index is 1.18. The van der Waals surface area contributed by atoms with Gasteiger partial charge in [-0.05, 0) is 73.4 Å². The maximum absolute atomic E-state index is 13.0. The zero-order chi connectivity index (χ0) is 23.0. The third kappa shape index (κ3) is 4.42. The second-order valence-corrected chi connectivity index (χ2v) is 9.37. The summed E-state index contributed by atoms with van der Waals surface area (Å²) in [6.45, 7) is 3.42. The number of nitrogens with zero attached hydrogens (tertiary/aromatic N) is 1. The maximum Gasteiger partial charge on any atom is 0.319 e. The van der Waals surface area contributed by atoms with E-state index in [0.717, 1.165) is 54.9 Å². The molecule has 2 aromatic rings. The van der Waals surface area contributed by atoms with Crippen molar-refractivity contribution in [2.24, 2.45) is 5.41 Å². The molecule has 0 radical (unpaired) electrons. The lowest BCUT2D eigenvalue weighted by molar-refractivity contribution is -0.117. The standard InChI is InChI=1S/C26H31N3O4/c1-3-33-21-14-26(15-21)16-23(26)28-25(31)27-19-8-7-18-9-10-29(22(18)13-19)24(30)12-17-5-4-6-20(11-17)32-2/h4-8,11,13,21,23H,3,9-10,12,14-16H2,1-2H3,(H2,27,28,31). The molecule has 33 heavy (non-hydrogen) atoms. The molecule has 2 N–H and O–H groups in total. The number of benzene rings is 2. The minimum atomic E-state index is -0.191. The van der Waals surface area contributed by atoms with Crippen molar-refractivity contribution < 1.29 is 19.1 Å². The molecular formula is C26H31N3O4. The highest BCUT2D eigenvalue weighted by Crippen LogP contribution is 2.61. The predicted octanol–water partition coefficient (Wildman–Crippen LogP) is 3.91. The Hall–Kier alpha value is -3.06. The Morgan fingerprint density at radius 3 is 2.79 bits per heavy atom. The fourth-order valence-electron chi connectivity index (χ4n) is 5.30. The van der Waals surface area contributed by atoms with Crippen molar-refractivity contribution in [1.29, 1.82) is 0 Å². The van der Waals surface area contributed by atoms with Gasteiger partial charge in [-0.15, -0.1) is 0 Å². The van der Waals surface area contributed by atoms with E-state index in [1.165, 1.54) is 0 Å². The molecule has 7 nitrogen and oxygen atoms in total. The van der Waals surface area contributed by atoms with E-state index in [1.807, 2.05) is 54.3 Å². The van der Waals surface area contributed by atoms with Gasteiger partial charge in [-0.1, -0.05) is 18.2 Å². The number of hydrogen-bond acceptors (Lipinski definition) is 4. The summed E-state index contributed by atoms with van der Waals surface area (Å²) in [5.41, 5.74) is 3.86. The molecule has 2 saturated carbocycles. The number of fused-ring (bicyclic) bond motifs is 1. The average Bonchev–Trinajstić information content (AvgIpc) is 3.31. The minimum Gasteiger partial charge on any atom is -0.497 e. The van der Waals surface area contributed by atoms with Gasteiger partial charge in [-0.2, -0.15) is 0 Å². The number of hydrogen-bond donors (Lipinski definition) is 2. The molecule has 0 bridgehead atoms. The fraction of sp³-hybridized carbons (Fsp3) is 0.462. The molecule has 1 atom stereocenters. The number of ether oxygens (including phenoxy) is 2. The highest BCUT2D eigenvalue weighted by atomic mass is 16.5. The molecule has 7 heteroatoms. The van der Waals surface area contributed by atoms with Crippen LogP contribution in [-0.4, -0.2) is 44.3 Å². The first-order chi connectivity index (χ1) is 16.0. The SMILES string of the molecule is CCOC1CC2(C1)CC2NC(=O)Nc1ccc2c(c1)N(C(=O)Cc1cccc(OC)c1)CC2. The summed E-state index contributed by atoms with van der Waals surface area (Å²) in [5.74, 6) is 0.782. The third-order valence-corrected chi connectivity index (χ3v) is 7.20. The molecule has 0 saturated heterocycles. The van der Waals surface area contributed by atoms with Gasteiger partial charge in [0.1, 0.15) is 5.75 Å². The number of carbonyl (C=O) groups is 2. The van der Waals surface area contributed by atoms with Crippen LogP contribution in [0.25, 0.3) is 0 Å². The van der Waals surface area contributed by atoms with E-state index in [-0.39, 0.29) is 23.4 Å². The largest absolute Gasteiger partial charge is 0.497 e. The van der Waals surface area contributed by atoms with Gasteiger partial charge in [0.05, 0.1) is 19.6 Å². The van der Waals surface area contributed by atoms with Gasteiger partial charge < -0.3 is 25.0 Å². The number of nitrogens with one attached hydrogen (secondary N) is 2. The molecule has 174 valence electrons. The van der Waals surface area contributed by atoms with Gasteiger partial charge in [-0.3, -0.25) is 4.79 Å². The molecule has 3 aliphatic rings. The quantitative estimate of drug-likeness (QED) is 0.672. The molecule has 2 aliphatic carbocycles. The van der Waals surface area contributed by atoms with Crippen molar-refractivity contribution in [2.45, 2.75) is 51.2 Å². The number of rotatable bonds is 7. The van der Waals surface area contributed by atoms with Gasteiger partial charge in [0, 0.05) is 30.6 Å². The molecule has 2 aromatic carbocycles. The van der Waals surface area contributed by atoms with Crippen LogP contribution in [0.1, 0.15) is 37.3 Å². The smallest absolute Gasteiger partial charge is 0.319 e. The first-order valence-corrected chi connectivity index (χ1v) is 11.7. The number of carbonyl (C=O) groups excluding carboxylic acids is 2. The van der Waals surface area contributed by atoms with Crippen molar-refractivity contribution in [3.05, 3.63) is 53.6 Å². The van der Waals surface area contributed by atoms with E-state index in [2.05, 4.69) is 10.6 Å². The lowest BCUT2D eigenvalue weighted by atomic mass is 9.78. The summed E-state index contributed by atoms with van der Waals surface area (Å²) in [4.78, 5) is 27.4. The molecule has 1 aliphatic heterocycles. The van der Waals surface area contributed by atoms with Crippen LogP contribution in [0, 0.1) is 5.41 Å². The molecule has 3 amide bonds. The molecular weight excluding hydrogens is 418 g/mol. The van der Waals surface area contributed by atoms with E-state index < -0.39 is 0 Å². The Bertz CT molecular complexity index is 1060. The highest BCUT2D eigenvalue weighted by molar-refractivity contribution is 5.98. The summed E-state index contributed by atoms with van der Waals surface area (Å²) in [6.07, 6.45) is 4.57. The van der Waals surface area contributed by atoms with Crippen LogP contribution in [-0.2, 0) is 22.4 Å². The summed E-state index contributed by atoms with van der Waals surface area (Å²) in [5, 5.41) is 6.06. The van der Waals surface area contributed by atoms with E-state index in [9.17, 15) is 9.59 Å². The summed E-state index contributed by atoms with van der Waals surface area (Å²) in [7, 11) is 1.62. The maximum atomic E-state index is 13.0. The zero-order valence-electron chi connectivity index (χ0n) is 19.2. The van der Waals surface area contributed by atoms with Gasteiger partial charge in [0.25, 0.3) is 0 Å². The Morgan fingerprint density at radius 1 is 1.15 bits per heavy atom. The van der Waals surface area contributed by atoms with Crippen molar-refractivity contribution in [3.63, 3.8) is 0 Å². The van der Waals surface area contributed by atoms with Crippen LogP contribution >= 0.6 is 0 Å². The van der Waals surface area contributed by atoms with Gasteiger partial charge in [0.15, 0.2) is 0 Å². The van der Waals surface area contributed by atoms with E-state index in [1.54, 1.807) is 7.11 Å². The van der Waals surface area contributed by atoms with Gasteiger partial charge >= 0.3 is 6.03 Å². The summed E-state index contributed by atoms with van der Waals surface area (Å²) >= 11 is 0. The van der Waals surface area contributed by atoms with Crippen molar-refractivity contribution in [3.8, 4) is 5.75 Å². The Kier molecular flexibility index (Phi) is 5.74. The van der Waals surface area contributed by atoms with Crippen molar-refractivity contribution in [2.75, 3.05) is 30.5 Å². The number of anilines is 2. The third-order valence-electron chi connectivity index (χ3n) is 7.20. The molecule has 1 unspecified atom stereocenters. The first-order valence-electron chi connectivity index (χ1n) is 11.7. The van der Waals surface area contributed by atoms with Gasteiger partial charge in [-0.25, -0.2) is 4.79 Å². The highest BCUT2D eigenvalue weighted by Gasteiger charge is 2.62. The molecule has 1 spiro atoms. The topological polar surface area (TPSA) is 79.9 Å². The van der Waals surface area contributed by atoms with Crippen LogP contribution in [0.2, 0.25) is 0 Å². The fourth-order valence-corrected chi connectivity index (χ4v) is 5.30. The molecule has 1 heterocycles. The second-order valence-electron chi connectivity index (χ2n) is 9.37. The van der Waals surface area contributed by atoms with Crippen LogP contribution in [0.3, 0.4) is 0 Å². The van der Waals surface area contributed by atoms with E-state index >= 15 is 0 Å². The lowest BCUT2D eigenvalue weighted by Gasteiger charge is -2.36. The first kappa shape index (κ1) is 21.8. The lowest BCUT2D eigenvalue weighted by Crippen LogP contribution is -2.41. The zero-order valence-corrected chi connectivity index (χ0v) is 19.2. The number of amides is 3. The van der Waals surface area contributed by atoms with Crippen LogP contribution in [0.4, 0.5) is 16.2 Å². The van der Waals surface area contributed by atoms with E-state index in [4.69, 9.17) is 9.47 Å². The molecule has 5 rings (SSSR count). The number of methoxy groups -OCH3 is 1. The van der Waals surface area contributed by atoms with Crippen LogP contribution in [0.15, 0.2) is 42.5 Å². The molecule has 2 fully saturated rings. The Labute approximate surface area is 194 Å². The summed E-state index contributed by atoms with van der Waals surface area (Å²) in [6, 6.07) is 13.4. The minimum absolute atomic E-state index is 0.0392. The van der Waals surface area contributed by atoms with Gasteiger partial charge in [0.2, 0.25) is 5.91 Å².